The third-order valence-electron chi connectivity index (χ3n) is 5.14. The Morgan fingerprint density at radius 2 is 1.90 bits per heavy atom. The molecule has 4 aromatic rings. The molecule has 0 aliphatic carbocycles. The van der Waals surface area contributed by atoms with Crippen LogP contribution in [-0.4, -0.2) is 25.2 Å². The van der Waals surface area contributed by atoms with Crippen LogP contribution in [-0.2, 0) is 19.6 Å². The molecule has 30 heavy (non-hydrogen) atoms. The van der Waals surface area contributed by atoms with Gasteiger partial charge in [0.15, 0.2) is 0 Å². The predicted molar refractivity (Wildman–Crippen MR) is 115 cm³/mol. The van der Waals surface area contributed by atoms with Gasteiger partial charge in [0, 0.05) is 31.0 Å². The van der Waals surface area contributed by atoms with Crippen molar-refractivity contribution in [3.8, 4) is 0 Å². The standard InChI is InChI=1S/C23H23N5O2/c1-3-28-21-10-9-17(13-20(21)26-16(2)23(28)30)22(29)24-14-18-7-4-5-8-19(18)15-27-12-6-11-25-27/h4-13H,3,14-15H2,1-2H3,(H,24,29). The molecule has 0 aliphatic heterocycles. The largest absolute Gasteiger partial charge is 0.348 e. The van der Waals surface area contributed by atoms with E-state index in [0.29, 0.717) is 36.4 Å². The van der Waals surface area contributed by atoms with Gasteiger partial charge >= 0.3 is 0 Å². The number of aryl methyl sites for hydroxylation is 2. The molecule has 7 nitrogen and oxygen atoms in total. The number of fused-ring (bicyclic) bond motifs is 1. The third-order valence-corrected chi connectivity index (χ3v) is 5.14. The Morgan fingerprint density at radius 3 is 2.63 bits per heavy atom. The number of nitrogens with zero attached hydrogens (tertiary/aromatic N) is 4. The summed E-state index contributed by atoms with van der Waals surface area (Å²) in [5.41, 5.74) is 4.35. The van der Waals surface area contributed by atoms with E-state index < -0.39 is 0 Å². The summed E-state index contributed by atoms with van der Waals surface area (Å²) in [5.74, 6) is -0.181. The summed E-state index contributed by atoms with van der Waals surface area (Å²) in [5, 5.41) is 7.24. The Morgan fingerprint density at radius 1 is 1.10 bits per heavy atom. The molecule has 2 heterocycles. The van der Waals surface area contributed by atoms with Crippen LogP contribution >= 0.6 is 0 Å². The average molecular weight is 401 g/mol. The zero-order valence-corrected chi connectivity index (χ0v) is 17.0. The van der Waals surface area contributed by atoms with E-state index in [4.69, 9.17) is 0 Å². The summed E-state index contributed by atoms with van der Waals surface area (Å²) < 4.78 is 3.52. The van der Waals surface area contributed by atoms with Gasteiger partial charge in [-0.3, -0.25) is 14.3 Å². The lowest BCUT2D eigenvalue weighted by atomic mass is 10.1. The number of carbonyl (C=O) groups excluding carboxylic acids is 1. The molecule has 0 spiro atoms. The molecule has 7 heteroatoms. The molecule has 2 aromatic carbocycles. The van der Waals surface area contributed by atoms with Gasteiger partial charge in [0.05, 0.1) is 17.6 Å². The third kappa shape index (κ3) is 3.87. The van der Waals surface area contributed by atoms with Crippen LogP contribution in [0.15, 0.2) is 65.7 Å². The first-order valence-corrected chi connectivity index (χ1v) is 9.90. The molecule has 0 saturated heterocycles. The highest BCUT2D eigenvalue weighted by molar-refractivity contribution is 5.97. The van der Waals surface area contributed by atoms with Gasteiger partial charge in [-0.25, -0.2) is 4.98 Å². The zero-order valence-electron chi connectivity index (χ0n) is 17.0. The Labute approximate surface area is 174 Å². The maximum atomic E-state index is 12.8. The molecule has 1 N–H and O–H groups in total. The Hall–Kier alpha value is -3.74. The van der Waals surface area contributed by atoms with Gasteiger partial charge < -0.3 is 9.88 Å². The number of benzene rings is 2. The number of hydrogen-bond donors (Lipinski definition) is 1. The lowest BCUT2D eigenvalue weighted by molar-refractivity contribution is 0.0951. The van der Waals surface area contributed by atoms with Crippen molar-refractivity contribution in [2.45, 2.75) is 33.5 Å². The van der Waals surface area contributed by atoms with Crippen LogP contribution in [0.25, 0.3) is 11.0 Å². The summed E-state index contributed by atoms with van der Waals surface area (Å²) in [6, 6.07) is 15.1. The van der Waals surface area contributed by atoms with E-state index in [0.717, 1.165) is 16.6 Å². The van der Waals surface area contributed by atoms with E-state index in [1.807, 2.05) is 48.1 Å². The van der Waals surface area contributed by atoms with Crippen LogP contribution in [0, 0.1) is 6.92 Å². The molecular weight excluding hydrogens is 378 g/mol. The first kappa shape index (κ1) is 19.6. The maximum Gasteiger partial charge on any atom is 0.272 e. The minimum Gasteiger partial charge on any atom is -0.348 e. The van der Waals surface area contributed by atoms with Crippen molar-refractivity contribution in [2.24, 2.45) is 0 Å². The highest BCUT2D eigenvalue weighted by atomic mass is 16.1. The first-order valence-electron chi connectivity index (χ1n) is 9.90. The van der Waals surface area contributed by atoms with Gasteiger partial charge in [0.25, 0.3) is 11.5 Å². The monoisotopic (exact) mass is 401 g/mol. The summed E-state index contributed by atoms with van der Waals surface area (Å²) in [6.07, 6.45) is 3.66. The van der Waals surface area contributed by atoms with E-state index in [2.05, 4.69) is 15.4 Å². The molecule has 0 fully saturated rings. The average Bonchev–Trinajstić information content (AvgIpc) is 3.26. The second-order valence-electron chi connectivity index (χ2n) is 7.11. The molecule has 2 aromatic heterocycles. The number of aromatic nitrogens is 4. The molecule has 152 valence electrons. The molecule has 0 saturated carbocycles. The molecule has 0 radical (unpaired) electrons. The molecular formula is C23H23N5O2. The predicted octanol–water partition coefficient (Wildman–Crippen LogP) is 2.90. The van der Waals surface area contributed by atoms with E-state index >= 15 is 0 Å². The van der Waals surface area contributed by atoms with Crippen molar-refractivity contribution in [1.82, 2.24) is 24.6 Å². The van der Waals surface area contributed by atoms with E-state index in [9.17, 15) is 9.59 Å². The van der Waals surface area contributed by atoms with Crippen molar-refractivity contribution in [2.75, 3.05) is 0 Å². The summed E-state index contributed by atoms with van der Waals surface area (Å²) in [4.78, 5) is 29.4. The van der Waals surface area contributed by atoms with E-state index in [1.54, 1.807) is 35.9 Å². The number of amides is 1. The van der Waals surface area contributed by atoms with Crippen molar-refractivity contribution >= 4 is 16.9 Å². The zero-order chi connectivity index (χ0) is 21.1. The molecule has 0 aliphatic rings. The summed E-state index contributed by atoms with van der Waals surface area (Å²) in [7, 11) is 0. The Balaban J connectivity index is 1.54. The highest BCUT2D eigenvalue weighted by Crippen LogP contribution is 2.15. The van der Waals surface area contributed by atoms with Crippen molar-refractivity contribution in [3.63, 3.8) is 0 Å². The first-order chi connectivity index (χ1) is 14.6. The van der Waals surface area contributed by atoms with Crippen LogP contribution in [0.3, 0.4) is 0 Å². The molecule has 0 unspecified atom stereocenters. The van der Waals surface area contributed by atoms with Crippen LogP contribution in [0.5, 0.6) is 0 Å². The number of carbonyl (C=O) groups is 1. The van der Waals surface area contributed by atoms with Gasteiger partial charge in [0.1, 0.15) is 5.69 Å². The topological polar surface area (TPSA) is 81.8 Å². The second-order valence-corrected chi connectivity index (χ2v) is 7.11. The van der Waals surface area contributed by atoms with Gasteiger partial charge in [-0.2, -0.15) is 5.10 Å². The van der Waals surface area contributed by atoms with Crippen LogP contribution in [0.2, 0.25) is 0 Å². The fourth-order valence-corrected chi connectivity index (χ4v) is 3.56. The minimum absolute atomic E-state index is 0.101. The van der Waals surface area contributed by atoms with Crippen LogP contribution in [0.1, 0.15) is 34.1 Å². The van der Waals surface area contributed by atoms with Crippen LogP contribution < -0.4 is 10.9 Å². The highest BCUT2D eigenvalue weighted by Gasteiger charge is 2.12. The smallest absolute Gasteiger partial charge is 0.272 e. The van der Waals surface area contributed by atoms with Gasteiger partial charge in [0.2, 0.25) is 0 Å². The second kappa shape index (κ2) is 8.32. The molecule has 4 rings (SSSR count). The maximum absolute atomic E-state index is 12.8. The van der Waals surface area contributed by atoms with Gasteiger partial charge in [-0.05, 0) is 49.2 Å². The number of nitrogens with one attached hydrogen (secondary N) is 1. The Kier molecular flexibility index (Phi) is 5.43. The van der Waals surface area contributed by atoms with Crippen LogP contribution in [0.4, 0.5) is 0 Å². The lowest BCUT2D eigenvalue weighted by Gasteiger charge is -2.12. The van der Waals surface area contributed by atoms with E-state index in [1.165, 1.54) is 0 Å². The summed E-state index contributed by atoms with van der Waals surface area (Å²) >= 11 is 0. The normalized spacial score (nSPS) is 11.0. The Bertz CT molecular complexity index is 1260. The lowest BCUT2D eigenvalue weighted by Crippen LogP contribution is -2.25. The number of rotatable bonds is 6. The molecule has 0 atom stereocenters. The SMILES string of the molecule is CCn1c(=O)c(C)nc2cc(C(=O)NCc3ccccc3Cn3cccn3)ccc21. The van der Waals surface area contributed by atoms with Gasteiger partial charge in [-0.15, -0.1) is 0 Å². The fourth-order valence-electron chi connectivity index (χ4n) is 3.56. The molecule has 1 amide bonds. The van der Waals surface area contributed by atoms with Crippen molar-refractivity contribution in [1.29, 1.82) is 0 Å². The fraction of sp³-hybridized carbons (Fsp3) is 0.217. The van der Waals surface area contributed by atoms with Gasteiger partial charge in [-0.1, -0.05) is 24.3 Å². The number of hydrogen-bond acceptors (Lipinski definition) is 4. The van der Waals surface area contributed by atoms with Crippen molar-refractivity contribution in [3.05, 3.63) is 93.7 Å². The van der Waals surface area contributed by atoms with Crippen molar-refractivity contribution < 1.29 is 4.79 Å². The summed E-state index contributed by atoms with van der Waals surface area (Å²) in [6.45, 7) is 5.22. The molecule has 0 bridgehead atoms. The minimum atomic E-state index is -0.181. The quantitative estimate of drug-likeness (QED) is 0.539. The van der Waals surface area contributed by atoms with E-state index in [-0.39, 0.29) is 11.5 Å².